The first-order valence-corrected chi connectivity index (χ1v) is 2.89. The van der Waals surface area contributed by atoms with Gasteiger partial charge in [-0.25, -0.2) is 0 Å². The first kappa shape index (κ1) is 6.58. The van der Waals surface area contributed by atoms with E-state index >= 15 is 0 Å². The fourth-order valence-electron chi connectivity index (χ4n) is 0.508. The maximum atomic E-state index is 4.41. The highest BCUT2D eigenvalue weighted by atomic mass is 16.5. The lowest BCUT2D eigenvalue weighted by Gasteiger charge is -1.74. The summed E-state index contributed by atoms with van der Waals surface area (Å²) in [5, 5.41) is 13.8. The SMILES string of the molecule is c1nc(N=Nc2ncon2)no1. The van der Waals surface area contributed by atoms with Gasteiger partial charge in [0, 0.05) is 0 Å². The molecule has 60 valence electrons. The van der Waals surface area contributed by atoms with Gasteiger partial charge in [-0.15, -0.1) is 10.2 Å². The number of hydrogen-bond donors (Lipinski definition) is 0. The molecule has 0 atom stereocenters. The van der Waals surface area contributed by atoms with Crippen LogP contribution in [-0.4, -0.2) is 20.3 Å². The molecule has 0 aromatic carbocycles. The molecule has 0 aliphatic heterocycles. The average Bonchev–Trinajstić information content (AvgIpc) is 2.74. The Labute approximate surface area is 65.3 Å². The molecule has 2 aromatic heterocycles. The van der Waals surface area contributed by atoms with E-state index in [9.17, 15) is 0 Å². The Balaban J connectivity index is 2.14. The zero-order chi connectivity index (χ0) is 8.23. The van der Waals surface area contributed by atoms with Gasteiger partial charge in [0.2, 0.25) is 12.8 Å². The van der Waals surface area contributed by atoms with Crippen LogP contribution in [0.25, 0.3) is 0 Å². The van der Waals surface area contributed by atoms with Crippen LogP contribution in [0, 0.1) is 0 Å². The van der Waals surface area contributed by atoms with Crippen LogP contribution >= 0.6 is 0 Å². The molecule has 0 amide bonds. The zero-order valence-electron chi connectivity index (χ0n) is 5.65. The van der Waals surface area contributed by atoms with E-state index in [1.165, 1.54) is 0 Å². The normalized spacial score (nSPS) is 11.0. The van der Waals surface area contributed by atoms with Crippen molar-refractivity contribution >= 4 is 11.9 Å². The zero-order valence-corrected chi connectivity index (χ0v) is 5.65. The topological polar surface area (TPSA) is 103 Å². The lowest BCUT2D eigenvalue weighted by atomic mass is 11.0. The number of rotatable bonds is 2. The number of aromatic nitrogens is 4. The third-order valence-electron chi connectivity index (χ3n) is 0.928. The van der Waals surface area contributed by atoms with E-state index in [1.807, 2.05) is 0 Å². The highest BCUT2D eigenvalue weighted by molar-refractivity contribution is 5.11. The molecule has 0 N–H and O–H groups in total. The van der Waals surface area contributed by atoms with Gasteiger partial charge >= 0.3 is 11.9 Å². The minimum Gasteiger partial charge on any atom is -0.341 e. The molecule has 0 saturated carbocycles. The summed E-state index contributed by atoms with van der Waals surface area (Å²) in [6.07, 6.45) is 2.29. The van der Waals surface area contributed by atoms with Crippen molar-refractivity contribution in [2.45, 2.75) is 0 Å². The smallest absolute Gasteiger partial charge is 0.308 e. The van der Waals surface area contributed by atoms with Crippen LogP contribution in [0.2, 0.25) is 0 Å². The highest BCUT2D eigenvalue weighted by Gasteiger charge is 1.96. The van der Waals surface area contributed by atoms with Gasteiger partial charge in [0.1, 0.15) is 0 Å². The molecular formula is C4H2N6O2. The predicted octanol–water partition coefficient (Wildman–Crippen LogP) is 0.868. The Hall–Kier alpha value is -2.12. The van der Waals surface area contributed by atoms with E-state index in [0.717, 1.165) is 12.8 Å². The summed E-state index contributed by atoms with van der Waals surface area (Å²) in [7, 11) is 0. The van der Waals surface area contributed by atoms with Crippen molar-refractivity contribution in [1.29, 1.82) is 0 Å². The summed E-state index contributed by atoms with van der Waals surface area (Å²) in [5.41, 5.74) is 0. The van der Waals surface area contributed by atoms with E-state index in [0.29, 0.717) is 0 Å². The Kier molecular flexibility index (Phi) is 1.57. The van der Waals surface area contributed by atoms with Crippen LogP contribution in [0.5, 0.6) is 0 Å². The van der Waals surface area contributed by atoms with Gasteiger partial charge in [-0.1, -0.05) is 0 Å². The van der Waals surface area contributed by atoms with Crippen LogP contribution in [0.15, 0.2) is 32.1 Å². The van der Waals surface area contributed by atoms with Crippen LogP contribution in [0.1, 0.15) is 0 Å². The van der Waals surface area contributed by atoms with Gasteiger partial charge in [-0.05, 0) is 10.3 Å². The summed E-state index contributed by atoms with van der Waals surface area (Å²) < 4.78 is 8.81. The Morgan fingerprint density at radius 2 is 1.42 bits per heavy atom. The Morgan fingerprint density at radius 1 is 0.917 bits per heavy atom. The largest absolute Gasteiger partial charge is 0.341 e. The second-order valence-electron chi connectivity index (χ2n) is 1.66. The fraction of sp³-hybridized carbons (Fsp3) is 0. The van der Waals surface area contributed by atoms with Crippen molar-refractivity contribution in [3.63, 3.8) is 0 Å². The maximum absolute atomic E-state index is 4.41. The summed E-state index contributed by atoms with van der Waals surface area (Å²) in [6, 6.07) is 0. The molecule has 0 aliphatic rings. The molecule has 2 aromatic rings. The fourth-order valence-corrected chi connectivity index (χ4v) is 0.508. The third kappa shape index (κ3) is 1.31. The van der Waals surface area contributed by atoms with Crippen LogP contribution in [0.3, 0.4) is 0 Å². The molecule has 0 bridgehead atoms. The summed E-state index contributed by atoms with van der Waals surface area (Å²) in [5.74, 6) is 0.222. The number of azo groups is 1. The molecule has 0 fully saturated rings. The van der Waals surface area contributed by atoms with E-state index in [4.69, 9.17) is 0 Å². The van der Waals surface area contributed by atoms with Crippen molar-refractivity contribution in [2.75, 3.05) is 0 Å². The Morgan fingerprint density at radius 3 is 1.75 bits per heavy atom. The molecule has 0 spiro atoms. The molecule has 8 heteroatoms. The highest BCUT2D eigenvalue weighted by Crippen LogP contribution is 2.07. The van der Waals surface area contributed by atoms with Crippen molar-refractivity contribution < 1.29 is 9.05 Å². The molecule has 0 radical (unpaired) electrons. The van der Waals surface area contributed by atoms with E-state index in [-0.39, 0.29) is 11.9 Å². The van der Waals surface area contributed by atoms with Gasteiger partial charge in [-0.2, -0.15) is 9.97 Å². The molecule has 2 heterocycles. The standard InChI is InChI=1S/C4H2N6O2/c1-5-3(9-11-1)7-8-4-6-2-12-10-4/h1-2H. The van der Waals surface area contributed by atoms with Crippen LogP contribution in [0.4, 0.5) is 11.9 Å². The van der Waals surface area contributed by atoms with E-state index in [1.54, 1.807) is 0 Å². The van der Waals surface area contributed by atoms with Gasteiger partial charge in [0.05, 0.1) is 0 Å². The van der Waals surface area contributed by atoms with Crippen molar-refractivity contribution in [2.24, 2.45) is 10.2 Å². The predicted molar refractivity (Wildman–Crippen MR) is 32.8 cm³/mol. The number of nitrogens with zero attached hydrogens (tertiary/aromatic N) is 6. The second-order valence-corrected chi connectivity index (χ2v) is 1.66. The van der Waals surface area contributed by atoms with Crippen molar-refractivity contribution in [3.05, 3.63) is 12.8 Å². The lowest BCUT2D eigenvalue weighted by molar-refractivity contribution is 0.416. The minimum absolute atomic E-state index is 0.111. The van der Waals surface area contributed by atoms with Crippen LogP contribution < -0.4 is 0 Å². The molecule has 0 aliphatic carbocycles. The molecule has 0 saturated heterocycles. The first-order valence-electron chi connectivity index (χ1n) is 2.89. The van der Waals surface area contributed by atoms with Gasteiger partial charge in [-0.3, -0.25) is 0 Å². The van der Waals surface area contributed by atoms with Crippen molar-refractivity contribution in [1.82, 2.24) is 20.3 Å². The molecule has 12 heavy (non-hydrogen) atoms. The molecular weight excluding hydrogens is 164 g/mol. The summed E-state index contributed by atoms with van der Waals surface area (Å²) in [4.78, 5) is 7.18. The minimum atomic E-state index is 0.111. The third-order valence-corrected chi connectivity index (χ3v) is 0.928. The van der Waals surface area contributed by atoms with E-state index in [2.05, 4.69) is 39.6 Å². The maximum Gasteiger partial charge on any atom is 0.308 e. The average molecular weight is 166 g/mol. The lowest BCUT2D eigenvalue weighted by Crippen LogP contribution is -1.66. The van der Waals surface area contributed by atoms with E-state index < -0.39 is 0 Å². The second kappa shape index (κ2) is 2.86. The van der Waals surface area contributed by atoms with Gasteiger partial charge in [0.15, 0.2) is 0 Å². The van der Waals surface area contributed by atoms with Crippen molar-refractivity contribution in [3.8, 4) is 0 Å². The van der Waals surface area contributed by atoms with Gasteiger partial charge < -0.3 is 9.05 Å². The summed E-state index contributed by atoms with van der Waals surface area (Å²) >= 11 is 0. The quantitative estimate of drug-likeness (QED) is 0.613. The van der Waals surface area contributed by atoms with Crippen LogP contribution in [-0.2, 0) is 0 Å². The molecule has 2 rings (SSSR count). The summed E-state index contributed by atoms with van der Waals surface area (Å²) in [6.45, 7) is 0. The number of hydrogen-bond acceptors (Lipinski definition) is 8. The molecule has 8 nitrogen and oxygen atoms in total. The Bertz CT molecular complexity index is 315. The van der Waals surface area contributed by atoms with Gasteiger partial charge in [0.25, 0.3) is 0 Å². The monoisotopic (exact) mass is 166 g/mol. The first-order chi connectivity index (χ1) is 5.95. The molecule has 0 unspecified atom stereocenters.